The van der Waals surface area contributed by atoms with Crippen LogP contribution in [0, 0.1) is 3.57 Å². The zero-order valence-electron chi connectivity index (χ0n) is 7.20. The summed E-state index contributed by atoms with van der Waals surface area (Å²) in [5.41, 5.74) is 0.879. The monoisotopic (exact) mass is 302 g/mol. The number of carbonyl (C=O) groups excluding carboxylic acids is 2. The quantitative estimate of drug-likeness (QED) is 0.452. The van der Waals surface area contributed by atoms with Crippen molar-refractivity contribution in [3.05, 3.63) is 33.4 Å². The second-order valence-electron chi connectivity index (χ2n) is 3.07. The maximum atomic E-state index is 11.3. The third-order valence-corrected chi connectivity index (χ3v) is 3.13. The molecule has 72 valence electrons. The van der Waals surface area contributed by atoms with E-state index >= 15 is 0 Å². The van der Waals surface area contributed by atoms with Crippen molar-refractivity contribution < 1.29 is 14.3 Å². The molecule has 1 aromatic carbocycles. The zero-order valence-corrected chi connectivity index (χ0v) is 9.35. The average molecular weight is 302 g/mol. The molecule has 1 heterocycles. The van der Waals surface area contributed by atoms with Gasteiger partial charge in [-0.05, 0) is 34.2 Å². The summed E-state index contributed by atoms with van der Waals surface area (Å²) < 4.78 is 5.49. The molecule has 0 aliphatic carbocycles. The van der Waals surface area contributed by atoms with Crippen molar-refractivity contribution in [1.82, 2.24) is 0 Å². The highest BCUT2D eigenvalue weighted by Gasteiger charge is 2.35. The third-order valence-electron chi connectivity index (χ3n) is 2.15. The highest BCUT2D eigenvalue weighted by molar-refractivity contribution is 14.1. The van der Waals surface area contributed by atoms with Crippen LogP contribution in [0.5, 0.6) is 0 Å². The lowest BCUT2D eigenvalue weighted by Crippen LogP contribution is -2.06. The summed E-state index contributed by atoms with van der Waals surface area (Å²) in [6.45, 7) is 0. The molecule has 1 aromatic rings. The van der Waals surface area contributed by atoms with Gasteiger partial charge in [0, 0.05) is 3.57 Å². The number of hydrogen-bond donors (Lipinski definition) is 0. The molecule has 14 heavy (non-hydrogen) atoms. The second-order valence-corrected chi connectivity index (χ2v) is 4.23. The molecule has 3 nitrogen and oxygen atoms in total. The molecule has 1 fully saturated rings. The van der Waals surface area contributed by atoms with Crippen LogP contribution in [0.25, 0.3) is 0 Å². The molecule has 0 unspecified atom stereocenters. The highest BCUT2D eigenvalue weighted by Crippen LogP contribution is 2.30. The number of rotatable bonds is 1. The molecule has 0 radical (unpaired) electrons. The molecule has 0 saturated carbocycles. The summed E-state index contributed by atoms with van der Waals surface area (Å²) in [7, 11) is 0. The fourth-order valence-corrected chi connectivity index (χ4v) is 2.23. The van der Waals surface area contributed by atoms with Crippen molar-refractivity contribution in [2.45, 2.75) is 12.3 Å². The minimum atomic E-state index is -0.431. The van der Waals surface area contributed by atoms with Crippen LogP contribution in [0.2, 0.25) is 0 Å². The lowest BCUT2D eigenvalue weighted by atomic mass is 9.98. The van der Waals surface area contributed by atoms with Crippen molar-refractivity contribution in [1.29, 1.82) is 0 Å². The van der Waals surface area contributed by atoms with Gasteiger partial charge in [-0.15, -0.1) is 0 Å². The van der Waals surface area contributed by atoms with Gasteiger partial charge in [-0.3, -0.25) is 9.59 Å². The van der Waals surface area contributed by atoms with Gasteiger partial charge in [0.1, 0.15) is 0 Å². The fraction of sp³-hybridized carbons (Fsp3) is 0.200. The SMILES string of the molecule is O=C1C[C@@H](c2ccccc2I)C(=O)O1. The summed E-state index contributed by atoms with van der Waals surface area (Å²) in [5.74, 6) is -1.27. The Morgan fingerprint density at radius 3 is 2.57 bits per heavy atom. The number of carbonyl (C=O) groups is 2. The first kappa shape index (κ1) is 9.64. The van der Waals surface area contributed by atoms with Crippen LogP contribution in [0.4, 0.5) is 0 Å². The van der Waals surface area contributed by atoms with Crippen LogP contribution >= 0.6 is 22.6 Å². The van der Waals surface area contributed by atoms with Gasteiger partial charge < -0.3 is 4.74 Å². The standard InChI is InChI=1S/C10H7IO3/c11-8-4-2-1-3-6(8)7-5-9(12)14-10(7)13/h1-4,7H,5H2/t7-/m0/s1. The van der Waals surface area contributed by atoms with Gasteiger partial charge in [-0.1, -0.05) is 18.2 Å². The Balaban J connectivity index is 2.36. The third kappa shape index (κ3) is 1.66. The Hall–Kier alpha value is -0.910. The van der Waals surface area contributed by atoms with Crippen molar-refractivity contribution in [2.24, 2.45) is 0 Å². The largest absolute Gasteiger partial charge is 0.393 e. The Bertz CT molecular complexity index is 400. The Labute approximate surface area is 94.6 Å². The van der Waals surface area contributed by atoms with Gasteiger partial charge in [-0.25, -0.2) is 0 Å². The molecular weight excluding hydrogens is 295 g/mol. The Kier molecular flexibility index (Phi) is 2.54. The average Bonchev–Trinajstić information content (AvgIpc) is 2.46. The van der Waals surface area contributed by atoms with E-state index in [9.17, 15) is 9.59 Å². The maximum Gasteiger partial charge on any atom is 0.321 e. The van der Waals surface area contributed by atoms with Crippen molar-refractivity contribution in [2.75, 3.05) is 0 Å². The van der Waals surface area contributed by atoms with E-state index in [1.807, 2.05) is 24.3 Å². The van der Waals surface area contributed by atoms with Crippen molar-refractivity contribution >= 4 is 34.5 Å². The van der Waals surface area contributed by atoms with Gasteiger partial charge in [0.15, 0.2) is 0 Å². The number of halogens is 1. The minimum Gasteiger partial charge on any atom is -0.393 e. The van der Waals surface area contributed by atoms with E-state index in [2.05, 4.69) is 27.3 Å². The van der Waals surface area contributed by atoms with Gasteiger partial charge >= 0.3 is 11.9 Å². The molecule has 4 heteroatoms. The Morgan fingerprint density at radius 1 is 1.29 bits per heavy atom. The topological polar surface area (TPSA) is 43.4 Å². The van der Waals surface area contributed by atoms with Crippen molar-refractivity contribution in [3.63, 3.8) is 0 Å². The number of benzene rings is 1. The zero-order chi connectivity index (χ0) is 10.1. The van der Waals surface area contributed by atoms with E-state index < -0.39 is 17.9 Å². The van der Waals surface area contributed by atoms with Gasteiger partial charge in [-0.2, -0.15) is 0 Å². The first-order chi connectivity index (χ1) is 6.68. The minimum absolute atomic E-state index is 0.166. The summed E-state index contributed by atoms with van der Waals surface area (Å²) in [6.07, 6.45) is 0.166. The number of hydrogen-bond acceptors (Lipinski definition) is 3. The molecule has 1 aliphatic rings. The van der Waals surface area contributed by atoms with Crippen LogP contribution in [0.15, 0.2) is 24.3 Å². The van der Waals surface area contributed by atoms with Crippen LogP contribution < -0.4 is 0 Å². The normalized spacial score (nSPS) is 21.1. The van der Waals surface area contributed by atoms with Crippen LogP contribution in [0.3, 0.4) is 0 Å². The number of cyclic esters (lactones) is 2. The lowest BCUT2D eigenvalue weighted by molar-refractivity contribution is -0.152. The number of ether oxygens (including phenoxy) is 1. The second kappa shape index (κ2) is 3.68. The summed E-state index contributed by atoms with van der Waals surface area (Å²) >= 11 is 2.15. The van der Waals surface area contributed by atoms with Gasteiger partial charge in [0.25, 0.3) is 0 Å². The lowest BCUT2D eigenvalue weighted by Gasteiger charge is -2.06. The van der Waals surface area contributed by atoms with E-state index in [0.29, 0.717) is 0 Å². The van der Waals surface area contributed by atoms with Crippen LogP contribution in [-0.2, 0) is 14.3 Å². The van der Waals surface area contributed by atoms with Crippen LogP contribution in [-0.4, -0.2) is 11.9 Å². The molecule has 0 amide bonds. The summed E-state index contributed by atoms with van der Waals surface area (Å²) in [4.78, 5) is 22.2. The van der Waals surface area contributed by atoms with Crippen molar-refractivity contribution in [3.8, 4) is 0 Å². The first-order valence-electron chi connectivity index (χ1n) is 4.17. The molecule has 2 rings (SSSR count). The van der Waals surface area contributed by atoms with Gasteiger partial charge in [0.2, 0.25) is 0 Å². The van der Waals surface area contributed by atoms with Crippen LogP contribution in [0.1, 0.15) is 17.9 Å². The predicted molar refractivity (Wildman–Crippen MR) is 57.6 cm³/mol. The van der Waals surface area contributed by atoms with E-state index in [4.69, 9.17) is 0 Å². The molecule has 0 spiro atoms. The molecule has 1 saturated heterocycles. The fourth-order valence-electron chi connectivity index (χ4n) is 1.47. The molecule has 1 aliphatic heterocycles. The predicted octanol–water partition coefficient (Wildman–Crippen LogP) is 1.85. The molecule has 0 aromatic heterocycles. The smallest absolute Gasteiger partial charge is 0.321 e. The van der Waals surface area contributed by atoms with E-state index in [-0.39, 0.29) is 6.42 Å². The van der Waals surface area contributed by atoms with E-state index in [1.165, 1.54) is 0 Å². The molecule has 0 bridgehead atoms. The van der Waals surface area contributed by atoms with E-state index in [1.54, 1.807) is 0 Å². The Morgan fingerprint density at radius 2 is 2.00 bits per heavy atom. The highest BCUT2D eigenvalue weighted by atomic mass is 127. The summed E-state index contributed by atoms with van der Waals surface area (Å²) in [6, 6.07) is 7.51. The van der Waals surface area contributed by atoms with E-state index in [0.717, 1.165) is 9.13 Å². The molecule has 1 atom stereocenters. The summed E-state index contributed by atoms with van der Waals surface area (Å²) in [5, 5.41) is 0. The maximum absolute atomic E-state index is 11.3. The molecule has 0 N–H and O–H groups in total. The number of esters is 2. The van der Waals surface area contributed by atoms with Gasteiger partial charge in [0.05, 0.1) is 12.3 Å². The first-order valence-corrected chi connectivity index (χ1v) is 5.25. The molecular formula is C10H7IO3.